The van der Waals surface area contributed by atoms with Gasteiger partial charge < -0.3 is 10.0 Å². The smallest absolute Gasteiger partial charge is 0.320 e. The Bertz CT molecular complexity index is 937. The molecule has 2 saturated heterocycles. The van der Waals surface area contributed by atoms with E-state index < -0.39 is 5.97 Å². The van der Waals surface area contributed by atoms with E-state index >= 15 is 0 Å². The molecule has 4 heteroatoms. The van der Waals surface area contributed by atoms with Crippen molar-refractivity contribution in [2.24, 2.45) is 17.8 Å². The van der Waals surface area contributed by atoms with E-state index in [1.165, 1.54) is 75.6 Å². The van der Waals surface area contributed by atoms with E-state index in [9.17, 15) is 9.90 Å². The first-order valence-electron chi connectivity index (χ1n) is 14.4. The molecule has 1 aliphatic carbocycles. The van der Waals surface area contributed by atoms with Gasteiger partial charge in [-0.1, -0.05) is 86.3 Å². The van der Waals surface area contributed by atoms with Gasteiger partial charge >= 0.3 is 5.97 Å². The number of hydrogen-bond donors (Lipinski definition) is 1. The molecular weight excluding hydrogens is 444 g/mol. The fraction of sp³-hybridized carbons (Fsp3) is 0.594. The van der Waals surface area contributed by atoms with Crippen molar-refractivity contribution in [3.63, 3.8) is 0 Å². The largest absolute Gasteiger partial charge is 0.480 e. The van der Waals surface area contributed by atoms with Crippen LogP contribution >= 0.6 is 0 Å². The maximum Gasteiger partial charge on any atom is 0.320 e. The van der Waals surface area contributed by atoms with E-state index in [1.807, 2.05) is 0 Å². The van der Waals surface area contributed by atoms with Crippen LogP contribution in [0.3, 0.4) is 0 Å². The standard InChI is InChI=1S/C32H44N2O2/c35-32(36)31(21-27-13-8-14-27)34-23-29(30(24-34)28-15-5-2-6-16-28)22-33-19-17-26(18-20-33)12-7-11-25-9-3-1-4-10-25/h1-6,9-10,15-16,26-27,29-31H,7-8,11-14,17-24H2,(H,35,36). The third-order valence-electron chi connectivity index (χ3n) is 9.32. The first-order valence-corrected chi connectivity index (χ1v) is 14.4. The molecular formula is C32H44N2O2. The second kappa shape index (κ2) is 12.4. The Morgan fingerprint density at radius 3 is 2.22 bits per heavy atom. The van der Waals surface area contributed by atoms with Crippen LogP contribution in [-0.2, 0) is 11.2 Å². The Morgan fingerprint density at radius 2 is 1.58 bits per heavy atom. The zero-order valence-corrected chi connectivity index (χ0v) is 21.8. The summed E-state index contributed by atoms with van der Waals surface area (Å²) in [5.74, 6) is 1.78. The van der Waals surface area contributed by atoms with Gasteiger partial charge in [0.05, 0.1) is 0 Å². The summed E-state index contributed by atoms with van der Waals surface area (Å²) < 4.78 is 0. The lowest BCUT2D eigenvalue weighted by molar-refractivity contribution is -0.144. The minimum absolute atomic E-state index is 0.318. The van der Waals surface area contributed by atoms with Gasteiger partial charge in [0.15, 0.2) is 0 Å². The Morgan fingerprint density at radius 1 is 0.889 bits per heavy atom. The third kappa shape index (κ3) is 6.58. The molecule has 4 nitrogen and oxygen atoms in total. The van der Waals surface area contributed by atoms with Crippen molar-refractivity contribution in [1.29, 1.82) is 0 Å². The number of carbonyl (C=O) groups is 1. The summed E-state index contributed by atoms with van der Waals surface area (Å²) >= 11 is 0. The highest BCUT2D eigenvalue weighted by molar-refractivity contribution is 5.73. The molecule has 0 spiro atoms. The molecule has 3 fully saturated rings. The topological polar surface area (TPSA) is 43.8 Å². The molecule has 5 rings (SSSR count). The lowest BCUT2D eigenvalue weighted by Gasteiger charge is -2.35. The predicted octanol–water partition coefficient (Wildman–Crippen LogP) is 6.08. The number of carboxylic acid groups (broad SMARTS) is 1. The minimum Gasteiger partial charge on any atom is -0.480 e. The van der Waals surface area contributed by atoms with Crippen LogP contribution in [0.4, 0.5) is 0 Å². The van der Waals surface area contributed by atoms with Crippen LogP contribution in [0.1, 0.15) is 68.4 Å². The lowest BCUT2D eigenvalue weighted by Crippen LogP contribution is -2.43. The molecule has 36 heavy (non-hydrogen) atoms. The maximum absolute atomic E-state index is 12.3. The number of hydrogen-bond acceptors (Lipinski definition) is 3. The molecule has 2 aromatic carbocycles. The van der Waals surface area contributed by atoms with Crippen LogP contribution in [0, 0.1) is 17.8 Å². The monoisotopic (exact) mass is 488 g/mol. The number of aliphatic carboxylic acids is 1. The first kappa shape index (κ1) is 25.5. The van der Waals surface area contributed by atoms with Gasteiger partial charge in [-0.25, -0.2) is 0 Å². The summed E-state index contributed by atoms with van der Waals surface area (Å²) in [6, 6.07) is 21.4. The quantitative estimate of drug-likeness (QED) is 0.416. The zero-order chi connectivity index (χ0) is 24.7. The second-order valence-corrected chi connectivity index (χ2v) is 11.7. The van der Waals surface area contributed by atoms with E-state index in [0.717, 1.165) is 32.0 Å². The Balaban J connectivity index is 1.15. The van der Waals surface area contributed by atoms with Crippen molar-refractivity contribution in [3.8, 4) is 0 Å². The van der Waals surface area contributed by atoms with Crippen LogP contribution in [0.25, 0.3) is 0 Å². The van der Waals surface area contributed by atoms with Crippen molar-refractivity contribution in [2.75, 3.05) is 32.7 Å². The summed E-state index contributed by atoms with van der Waals surface area (Å²) in [6.07, 6.45) is 11.0. The van der Waals surface area contributed by atoms with E-state index in [4.69, 9.17) is 0 Å². The second-order valence-electron chi connectivity index (χ2n) is 11.7. The number of carboxylic acids is 1. The molecule has 2 aliphatic heterocycles. The van der Waals surface area contributed by atoms with Gasteiger partial charge in [0.2, 0.25) is 0 Å². The van der Waals surface area contributed by atoms with Crippen LogP contribution in [0.5, 0.6) is 0 Å². The molecule has 0 amide bonds. The van der Waals surface area contributed by atoms with Gasteiger partial charge in [-0.2, -0.15) is 0 Å². The molecule has 0 aromatic heterocycles. The molecule has 1 N–H and O–H groups in total. The van der Waals surface area contributed by atoms with Gasteiger partial charge in [-0.15, -0.1) is 0 Å². The van der Waals surface area contributed by atoms with Gasteiger partial charge in [-0.3, -0.25) is 9.69 Å². The van der Waals surface area contributed by atoms with Crippen molar-refractivity contribution < 1.29 is 9.90 Å². The normalized spacial score (nSPS) is 25.0. The SMILES string of the molecule is O=C(O)C(CC1CCC1)N1CC(CN2CCC(CCCc3ccccc3)CC2)C(c2ccccc2)C1. The van der Waals surface area contributed by atoms with E-state index in [2.05, 4.69) is 70.5 Å². The Kier molecular flexibility index (Phi) is 8.76. The van der Waals surface area contributed by atoms with Crippen LogP contribution in [-0.4, -0.2) is 59.6 Å². The van der Waals surface area contributed by atoms with Crippen molar-refractivity contribution in [3.05, 3.63) is 71.8 Å². The maximum atomic E-state index is 12.3. The molecule has 3 atom stereocenters. The average molecular weight is 489 g/mol. The summed E-state index contributed by atoms with van der Waals surface area (Å²) in [6.45, 7) is 5.29. The average Bonchev–Trinajstić information content (AvgIpc) is 3.28. The molecule has 3 unspecified atom stereocenters. The number of piperidine rings is 1. The first-order chi connectivity index (χ1) is 17.7. The third-order valence-corrected chi connectivity index (χ3v) is 9.32. The fourth-order valence-electron chi connectivity index (χ4n) is 6.90. The predicted molar refractivity (Wildman–Crippen MR) is 146 cm³/mol. The van der Waals surface area contributed by atoms with Crippen LogP contribution in [0.2, 0.25) is 0 Å². The zero-order valence-electron chi connectivity index (χ0n) is 21.8. The lowest BCUT2D eigenvalue weighted by atomic mass is 9.80. The summed E-state index contributed by atoms with van der Waals surface area (Å²) in [7, 11) is 0. The Labute approximate surface area is 217 Å². The number of rotatable bonds is 11. The van der Waals surface area contributed by atoms with Gasteiger partial charge in [0, 0.05) is 25.6 Å². The van der Waals surface area contributed by atoms with Gasteiger partial charge in [0.25, 0.3) is 0 Å². The number of benzene rings is 2. The van der Waals surface area contributed by atoms with Crippen molar-refractivity contribution >= 4 is 5.97 Å². The van der Waals surface area contributed by atoms with E-state index in [1.54, 1.807) is 0 Å². The number of likely N-dealkylation sites (tertiary alicyclic amines) is 2. The Hall–Kier alpha value is -2.17. The van der Waals surface area contributed by atoms with Crippen LogP contribution < -0.4 is 0 Å². The molecule has 1 saturated carbocycles. The molecule has 2 heterocycles. The van der Waals surface area contributed by atoms with Gasteiger partial charge in [-0.05, 0) is 74.1 Å². The molecule has 2 aromatic rings. The molecule has 0 radical (unpaired) electrons. The van der Waals surface area contributed by atoms with Crippen LogP contribution in [0.15, 0.2) is 60.7 Å². The van der Waals surface area contributed by atoms with Crippen molar-refractivity contribution in [1.82, 2.24) is 9.80 Å². The molecule has 3 aliphatic rings. The van der Waals surface area contributed by atoms with Gasteiger partial charge in [0.1, 0.15) is 6.04 Å². The number of nitrogens with zero attached hydrogens (tertiary/aromatic N) is 2. The highest BCUT2D eigenvalue weighted by atomic mass is 16.4. The van der Waals surface area contributed by atoms with E-state index in [0.29, 0.717) is 17.8 Å². The highest BCUT2D eigenvalue weighted by Gasteiger charge is 2.41. The van der Waals surface area contributed by atoms with Crippen molar-refractivity contribution in [2.45, 2.75) is 69.7 Å². The summed E-state index contributed by atoms with van der Waals surface area (Å²) in [5.41, 5.74) is 2.85. The summed E-state index contributed by atoms with van der Waals surface area (Å²) in [5, 5.41) is 10.1. The highest BCUT2D eigenvalue weighted by Crippen LogP contribution is 2.38. The van der Waals surface area contributed by atoms with E-state index in [-0.39, 0.29) is 6.04 Å². The summed E-state index contributed by atoms with van der Waals surface area (Å²) in [4.78, 5) is 17.3. The molecule has 194 valence electrons. The minimum atomic E-state index is -0.620. The number of aryl methyl sites for hydroxylation is 1. The fourth-order valence-corrected chi connectivity index (χ4v) is 6.90. The molecule has 0 bridgehead atoms.